The van der Waals surface area contributed by atoms with E-state index in [-0.39, 0.29) is 5.91 Å². The van der Waals surface area contributed by atoms with Crippen LogP contribution in [0.25, 0.3) is 5.82 Å². The zero-order valence-corrected chi connectivity index (χ0v) is 11.4. The summed E-state index contributed by atoms with van der Waals surface area (Å²) in [4.78, 5) is 14.2. The first-order valence-corrected chi connectivity index (χ1v) is 6.50. The van der Waals surface area contributed by atoms with E-state index in [2.05, 4.69) is 5.16 Å². The Balaban J connectivity index is 2.02. The number of nitrogens with zero attached hydrogens (tertiary/aromatic N) is 3. The summed E-state index contributed by atoms with van der Waals surface area (Å²) in [5.74, 6) is 1.61. The van der Waals surface area contributed by atoms with Gasteiger partial charge in [0.15, 0.2) is 5.82 Å². The van der Waals surface area contributed by atoms with Crippen molar-refractivity contribution in [1.82, 2.24) is 14.6 Å². The van der Waals surface area contributed by atoms with E-state index >= 15 is 0 Å². The summed E-state index contributed by atoms with van der Waals surface area (Å²) in [6.45, 7) is 7.52. The fraction of sp³-hybridized carbons (Fsp3) is 0.429. The fourth-order valence-electron chi connectivity index (χ4n) is 2.48. The molecule has 0 unspecified atom stereocenters. The summed E-state index contributed by atoms with van der Waals surface area (Å²) >= 11 is 0. The molecule has 3 rings (SSSR count). The van der Waals surface area contributed by atoms with Gasteiger partial charge in [0, 0.05) is 30.5 Å². The molecule has 2 aromatic rings. The van der Waals surface area contributed by atoms with Gasteiger partial charge in [-0.25, -0.2) is 0 Å². The van der Waals surface area contributed by atoms with Crippen LogP contribution in [0, 0.1) is 20.8 Å². The molecule has 100 valence electrons. The minimum absolute atomic E-state index is 0.116. The van der Waals surface area contributed by atoms with Crippen molar-refractivity contribution in [2.75, 3.05) is 13.1 Å². The van der Waals surface area contributed by atoms with E-state index in [9.17, 15) is 4.79 Å². The number of aryl methyl sites for hydroxylation is 2. The van der Waals surface area contributed by atoms with Crippen molar-refractivity contribution in [3.05, 3.63) is 34.8 Å². The molecule has 5 nitrogen and oxygen atoms in total. The van der Waals surface area contributed by atoms with Crippen LogP contribution in [0.5, 0.6) is 0 Å². The highest BCUT2D eigenvalue weighted by molar-refractivity contribution is 5.96. The molecule has 0 aliphatic carbocycles. The summed E-state index contributed by atoms with van der Waals surface area (Å²) in [6, 6.07) is 3.80. The van der Waals surface area contributed by atoms with Crippen molar-refractivity contribution in [2.24, 2.45) is 0 Å². The maximum atomic E-state index is 12.3. The second-order valence-electron chi connectivity index (χ2n) is 5.06. The first-order chi connectivity index (χ1) is 9.08. The van der Waals surface area contributed by atoms with Gasteiger partial charge in [-0.05, 0) is 33.3 Å². The third-order valence-corrected chi connectivity index (χ3v) is 3.65. The Kier molecular flexibility index (Phi) is 2.69. The number of rotatable bonds is 2. The summed E-state index contributed by atoms with van der Waals surface area (Å²) in [6.07, 6.45) is 1.10. The molecular weight excluding hydrogens is 242 g/mol. The van der Waals surface area contributed by atoms with Crippen LogP contribution in [-0.4, -0.2) is 33.6 Å². The van der Waals surface area contributed by atoms with Crippen LogP contribution in [0.15, 0.2) is 16.7 Å². The number of hydrogen-bond donors (Lipinski definition) is 0. The van der Waals surface area contributed by atoms with Crippen LogP contribution in [0.3, 0.4) is 0 Å². The maximum Gasteiger partial charge on any atom is 0.255 e. The Bertz CT molecular complexity index is 635. The van der Waals surface area contributed by atoms with Crippen LogP contribution in [0.2, 0.25) is 0 Å². The van der Waals surface area contributed by atoms with Crippen LogP contribution in [0.4, 0.5) is 0 Å². The van der Waals surface area contributed by atoms with Crippen molar-refractivity contribution >= 4 is 5.91 Å². The first kappa shape index (κ1) is 12.0. The molecule has 0 spiro atoms. The van der Waals surface area contributed by atoms with Gasteiger partial charge in [0.1, 0.15) is 5.76 Å². The molecule has 1 amide bonds. The highest BCUT2D eigenvalue weighted by Gasteiger charge is 2.25. The van der Waals surface area contributed by atoms with E-state index in [0.717, 1.165) is 48.0 Å². The van der Waals surface area contributed by atoms with Crippen molar-refractivity contribution < 1.29 is 9.32 Å². The third kappa shape index (κ3) is 1.85. The lowest BCUT2D eigenvalue weighted by Gasteiger charge is -2.30. The van der Waals surface area contributed by atoms with Gasteiger partial charge in [0.2, 0.25) is 0 Å². The van der Waals surface area contributed by atoms with E-state index < -0.39 is 0 Å². The molecule has 5 heteroatoms. The fourth-order valence-corrected chi connectivity index (χ4v) is 2.48. The second-order valence-corrected chi connectivity index (χ2v) is 5.06. The average Bonchev–Trinajstić information content (AvgIpc) is 2.81. The van der Waals surface area contributed by atoms with E-state index in [1.54, 1.807) is 0 Å². The molecule has 19 heavy (non-hydrogen) atoms. The van der Waals surface area contributed by atoms with E-state index in [1.807, 2.05) is 42.4 Å². The summed E-state index contributed by atoms with van der Waals surface area (Å²) in [5, 5.41) is 4.02. The number of aromatic nitrogens is 2. The van der Waals surface area contributed by atoms with Gasteiger partial charge in [-0.2, -0.15) is 0 Å². The molecule has 1 saturated heterocycles. The predicted molar refractivity (Wildman–Crippen MR) is 70.6 cm³/mol. The Morgan fingerprint density at radius 1 is 1.26 bits per heavy atom. The standard InChI is InChI=1S/C14H17N3O2/c1-9-7-12(14(18)16-5-4-6-16)11(3)17(9)13-8-10(2)19-15-13/h7-8H,4-6H2,1-3H3. The van der Waals surface area contributed by atoms with Gasteiger partial charge in [-0.3, -0.25) is 9.36 Å². The molecule has 0 bridgehead atoms. The Hall–Kier alpha value is -2.04. The molecular formula is C14H17N3O2. The van der Waals surface area contributed by atoms with E-state index in [1.165, 1.54) is 0 Å². The van der Waals surface area contributed by atoms with E-state index in [4.69, 9.17) is 4.52 Å². The van der Waals surface area contributed by atoms with Crippen LogP contribution < -0.4 is 0 Å². The van der Waals surface area contributed by atoms with Gasteiger partial charge >= 0.3 is 0 Å². The van der Waals surface area contributed by atoms with Crippen LogP contribution in [-0.2, 0) is 0 Å². The Labute approximate surface area is 111 Å². The first-order valence-electron chi connectivity index (χ1n) is 6.50. The smallest absolute Gasteiger partial charge is 0.255 e. The minimum Gasteiger partial charge on any atom is -0.360 e. The molecule has 0 radical (unpaired) electrons. The molecule has 0 atom stereocenters. The average molecular weight is 259 g/mol. The number of likely N-dealkylation sites (tertiary alicyclic amines) is 1. The minimum atomic E-state index is 0.116. The third-order valence-electron chi connectivity index (χ3n) is 3.65. The molecule has 0 aromatic carbocycles. The zero-order chi connectivity index (χ0) is 13.6. The van der Waals surface area contributed by atoms with Crippen molar-refractivity contribution in [3.8, 4) is 5.82 Å². The second kappa shape index (κ2) is 4.26. The van der Waals surface area contributed by atoms with Crippen molar-refractivity contribution in [3.63, 3.8) is 0 Å². The highest BCUT2D eigenvalue weighted by Crippen LogP contribution is 2.23. The Morgan fingerprint density at radius 2 is 2.00 bits per heavy atom. The largest absolute Gasteiger partial charge is 0.360 e. The van der Waals surface area contributed by atoms with Crippen molar-refractivity contribution in [1.29, 1.82) is 0 Å². The highest BCUT2D eigenvalue weighted by atomic mass is 16.5. The van der Waals surface area contributed by atoms with Gasteiger partial charge in [-0.1, -0.05) is 5.16 Å². The normalized spacial score (nSPS) is 14.6. The van der Waals surface area contributed by atoms with Gasteiger partial charge in [0.25, 0.3) is 5.91 Å². The quantitative estimate of drug-likeness (QED) is 0.831. The molecule has 1 fully saturated rings. The molecule has 2 aromatic heterocycles. The Morgan fingerprint density at radius 3 is 2.53 bits per heavy atom. The van der Waals surface area contributed by atoms with Crippen molar-refractivity contribution in [2.45, 2.75) is 27.2 Å². The lowest BCUT2D eigenvalue weighted by Crippen LogP contribution is -2.42. The van der Waals surface area contributed by atoms with E-state index in [0.29, 0.717) is 0 Å². The van der Waals surface area contributed by atoms with Crippen LogP contribution >= 0.6 is 0 Å². The number of hydrogen-bond acceptors (Lipinski definition) is 3. The zero-order valence-electron chi connectivity index (χ0n) is 11.4. The number of amides is 1. The molecule has 0 saturated carbocycles. The summed E-state index contributed by atoms with van der Waals surface area (Å²) in [7, 11) is 0. The predicted octanol–water partition coefficient (Wildman–Crippen LogP) is 2.24. The van der Waals surface area contributed by atoms with Crippen LogP contribution in [0.1, 0.15) is 33.9 Å². The lowest BCUT2D eigenvalue weighted by molar-refractivity contribution is 0.0651. The monoisotopic (exact) mass is 259 g/mol. The lowest BCUT2D eigenvalue weighted by atomic mass is 10.1. The molecule has 1 aliphatic rings. The van der Waals surface area contributed by atoms with Gasteiger partial charge < -0.3 is 9.42 Å². The number of carbonyl (C=O) groups is 1. The summed E-state index contributed by atoms with van der Waals surface area (Å²) in [5.41, 5.74) is 2.68. The molecule has 0 N–H and O–H groups in total. The SMILES string of the molecule is Cc1cc(-n2c(C)cc(C(=O)N3CCC3)c2C)no1. The molecule has 3 heterocycles. The van der Waals surface area contributed by atoms with Gasteiger partial charge in [0.05, 0.1) is 5.56 Å². The maximum absolute atomic E-state index is 12.3. The number of carbonyl (C=O) groups excluding carboxylic acids is 1. The van der Waals surface area contributed by atoms with Gasteiger partial charge in [-0.15, -0.1) is 0 Å². The molecule has 1 aliphatic heterocycles. The topological polar surface area (TPSA) is 51.3 Å². The summed E-state index contributed by atoms with van der Waals surface area (Å²) < 4.78 is 7.07.